The molecule has 0 spiro atoms. The fraction of sp³-hybridized carbons (Fsp3) is 0.316. The first-order chi connectivity index (χ1) is 13.9. The molecule has 3 aromatic rings. The van der Waals surface area contributed by atoms with Gasteiger partial charge < -0.3 is 14.2 Å². The summed E-state index contributed by atoms with van der Waals surface area (Å²) in [5.41, 5.74) is 0.0890. The van der Waals surface area contributed by atoms with E-state index in [1.807, 2.05) is 0 Å². The number of aromatic nitrogens is 3. The van der Waals surface area contributed by atoms with Crippen LogP contribution in [0.5, 0.6) is 0 Å². The van der Waals surface area contributed by atoms with Gasteiger partial charge in [0.05, 0.1) is 34.8 Å². The quantitative estimate of drug-likeness (QED) is 0.694. The minimum atomic E-state index is -0.527. The van der Waals surface area contributed by atoms with Crippen molar-refractivity contribution in [1.82, 2.24) is 19.2 Å². The number of pyridine rings is 1. The van der Waals surface area contributed by atoms with Gasteiger partial charge in [0.15, 0.2) is 0 Å². The molecule has 8 nitrogen and oxygen atoms in total. The third-order valence-corrected chi connectivity index (χ3v) is 5.33. The number of hydrogen-bond acceptors (Lipinski definition) is 4. The van der Waals surface area contributed by atoms with E-state index in [4.69, 9.17) is 16.3 Å². The summed E-state index contributed by atoms with van der Waals surface area (Å²) in [4.78, 5) is 39.8. The van der Waals surface area contributed by atoms with Crippen molar-refractivity contribution >= 4 is 28.4 Å². The molecule has 0 aliphatic carbocycles. The fourth-order valence-electron chi connectivity index (χ4n) is 3.49. The molecule has 2 aromatic heterocycles. The fourth-order valence-corrected chi connectivity index (χ4v) is 3.74. The second-order valence-corrected chi connectivity index (χ2v) is 7.19. The van der Waals surface area contributed by atoms with Crippen molar-refractivity contribution in [3.63, 3.8) is 0 Å². The van der Waals surface area contributed by atoms with E-state index in [0.717, 1.165) is 10.7 Å². The van der Waals surface area contributed by atoms with Gasteiger partial charge in [-0.25, -0.2) is 9.07 Å². The van der Waals surface area contributed by atoms with Crippen molar-refractivity contribution in [2.75, 3.05) is 26.3 Å². The van der Waals surface area contributed by atoms with Gasteiger partial charge in [-0.2, -0.15) is 0 Å². The van der Waals surface area contributed by atoms with Crippen LogP contribution in [0, 0.1) is 12.7 Å². The van der Waals surface area contributed by atoms with Crippen molar-refractivity contribution < 1.29 is 13.9 Å². The number of benzene rings is 1. The number of halogens is 2. The highest BCUT2D eigenvalue weighted by Crippen LogP contribution is 2.21. The Balaban J connectivity index is 1.78. The van der Waals surface area contributed by atoms with Crippen LogP contribution in [0.3, 0.4) is 0 Å². The molecule has 0 atom stereocenters. The Hall–Kier alpha value is -2.91. The number of aromatic amines is 1. The van der Waals surface area contributed by atoms with Gasteiger partial charge in [0.25, 0.3) is 11.1 Å². The molecule has 1 amide bonds. The molecule has 1 aromatic carbocycles. The number of nitrogens with one attached hydrogen (secondary N) is 1. The lowest BCUT2D eigenvalue weighted by molar-refractivity contribution is -0.135. The highest BCUT2D eigenvalue weighted by Gasteiger charge is 2.21. The van der Waals surface area contributed by atoms with Crippen LogP contribution in [-0.4, -0.2) is 51.5 Å². The summed E-state index contributed by atoms with van der Waals surface area (Å²) in [6.45, 7) is 3.30. The number of aryl methyl sites for hydroxylation is 1. The van der Waals surface area contributed by atoms with Gasteiger partial charge in [0.1, 0.15) is 12.4 Å². The van der Waals surface area contributed by atoms with E-state index in [2.05, 4.69) is 5.10 Å². The molecule has 1 aliphatic rings. The first-order valence-corrected chi connectivity index (χ1v) is 9.40. The van der Waals surface area contributed by atoms with Gasteiger partial charge in [-0.3, -0.25) is 19.5 Å². The summed E-state index contributed by atoms with van der Waals surface area (Å²) in [6, 6.07) is 4.93. The first-order valence-electron chi connectivity index (χ1n) is 9.03. The highest BCUT2D eigenvalue weighted by molar-refractivity contribution is 6.32. The van der Waals surface area contributed by atoms with Crippen LogP contribution in [0.25, 0.3) is 16.6 Å². The summed E-state index contributed by atoms with van der Waals surface area (Å²) in [7, 11) is 0. The minimum Gasteiger partial charge on any atom is -0.378 e. The zero-order valence-corrected chi connectivity index (χ0v) is 16.3. The molecular weight excluding hydrogens is 403 g/mol. The highest BCUT2D eigenvalue weighted by atomic mass is 35.5. The van der Waals surface area contributed by atoms with E-state index in [1.54, 1.807) is 11.8 Å². The minimum absolute atomic E-state index is 0.0500. The smallest absolute Gasteiger partial charge is 0.280 e. The number of fused-ring (bicyclic) bond motifs is 1. The Bertz CT molecular complexity index is 1220. The van der Waals surface area contributed by atoms with Crippen LogP contribution in [0.2, 0.25) is 5.02 Å². The Labute approximate surface area is 169 Å². The number of H-pyrrole nitrogens is 1. The van der Waals surface area contributed by atoms with Crippen LogP contribution >= 0.6 is 11.6 Å². The molecule has 1 fully saturated rings. The number of carbonyl (C=O) groups is 1. The maximum atomic E-state index is 13.3. The molecule has 4 rings (SSSR count). The summed E-state index contributed by atoms with van der Waals surface area (Å²) < 4.78 is 21.0. The predicted molar refractivity (Wildman–Crippen MR) is 105 cm³/mol. The van der Waals surface area contributed by atoms with Crippen molar-refractivity contribution in [3.05, 3.63) is 61.5 Å². The molecule has 1 saturated heterocycles. The number of morpholine rings is 1. The van der Waals surface area contributed by atoms with Crippen LogP contribution in [0.15, 0.2) is 33.9 Å². The van der Waals surface area contributed by atoms with Crippen LogP contribution in [-0.2, 0) is 16.1 Å². The lowest BCUT2D eigenvalue weighted by atomic mass is 10.2. The second-order valence-electron chi connectivity index (χ2n) is 6.78. The predicted octanol–water partition coefficient (Wildman–Crippen LogP) is 1.44. The van der Waals surface area contributed by atoms with Gasteiger partial charge in [-0.1, -0.05) is 11.6 Å². The van der Waals surface area contributed by atoms with Crippen LogP contribution < -0.4 is 11.1 Å². The second kappa shape index (κ2) is 7.49. The molecule has 10 heteroatoms. The number of nitrogens with zero attached hydrogens (tertiary/aromatic N) is 3. The van der Waals surface area contributed by atoms with E-state index >= 15 is 0 Å². The number of hydrogen-bond donors (Lipinski definition) is 1. The standard InChI is InChI=1S/C19H18ClFN4O4/c1-11-18-14(22-25(19(18)28)15-3-2-12(21)8-13(15)20)9-16(26)24(11)10-17(27)23-4-6-29-7-5-23/h2-3,8-9,22H,4-7,10H2,1H3. The maximum absolute atomic E-state index is 13.3. The van der Waals surface area contributed by atoms with Crippen molar-refractivity contribution in [3.8, 4) is 5.69 Å². The molecule has 1 N–H and O–H groups in total. The number of amides is 1. The molecule has 0 saturated carbocycles. The van der Waals surface area contributed by atoms with Gasteiger partial charge in [0, 0.05) is 24.8 Å². The van der Waals surface area contributed by atoms with Crippen molar-refractivity contribution in [1.29, 1.82) is 0 Å². The van der Waals surface area contributed by atoms with Gasteiger partial charge in [-0.15, -0.1) is 0 Å². The summed E-state index contributed by atoms with van der Waals surface area (Å²) in [5, 5.41) is 3.15. The van der Waals surface area contributed by atoms with E-state index in [-0.39, 0.29) is 28.5 Å². The number of ether oxygens (including phenoxy) is 1. The summed E-state index contributed by atoms with van der Waals surface area (Å²) in [6.07, 6.45) is 0. The van der Waals surface area contributed by atoms with Gasteiger partial charge in [0.2, 0.25) is 5.91 Å². The third kappa shape index (κ3) is 3.47. The molecule has 1 aliphatic heterocycles. The molecular formula is C19H18ClFN4O4. The Kier molecular flexibility index (Phi) is 5.01. The monoisotopic (exact) mass is 420 g/mol. The average molecular weight is 421 g/mol. The SMILES string of the molecule is Cc1c2c(=O)n(-c3ccc(F)cc3Cl)[nH]c2cc(=O)n1CC(=O)N1CCOCC1. The molecule has 3 heterocycles. The zero-order valence-electron chi connectivity index (χ0n) is 15.6. The Morgan fingerprint density at radius 3 is 2.66 bits per heavy atom. The third-order valence-electron chi connectivity index (χ3n) is 5.03. The Morgan fingerprint density at radius 1 is 1.24 bits per heavy atom. The van der Waals surface area contributed by atoms with Gasteiger partial charge >= 0.3 is 0 Å². The molecule has 152 valence electrons. The Morgan fingerprint density at radius 2 is 1.97 bits per heavy atom. The molecule has 0 bridgehead atoms. The van der Waals surface area contributed by atoms with E-state index < -0.39 is 16.9 Å². The zero-order chi connectivity index (χ0) is 20.7. The average Bonchev–Trinajstić information content (AvgIpc) is 3.01. The largest absolute Gasteiger partial charge is 0.378 e. The van der Waals surface area contributed by atoms with Crippen LogP contribution in [0.1, 0.15) is 5.69 Å². The number of rotatable bonds is 3. The molecule has 29 heavy (non-hydrogen) atoms. The summed E-state index contributed by atoms with van der Waals surface area (Å²) in [5.74, 6) is -0.740. The topological polar surface area (TPSA) is 89.3 Å². The van der Waals surface area contributed by atoms with Gasteiger partial charge in [-0.05, 0) is 25.1 Å². The van der Waals surface area contributed by atoms with Crippen LogP contribution in [0.4, 0.5) is 4.39 Å². The first kappa shape index (κ1) is 19.4. The van der Waals surface area contributed by atoms with Crippen molar-refractivity contribution in [2.45, 2.75) is 13.5 Å². The van der Waals surface area contributed by atoms with E-state index in [1.165, 1.54) is 22.8 Å². The van der Waals surface area contributed by atoms with Crippen molar-refractivity contribution in [2.24, 2.45) is 0 Å². The lowest BCUT2D eigenvalue weighted by Gasteiger charge is -2.27. The molecule has 0 radical (unpaired) electrons. The number of carbonyl (C=O) groups excluding carboxylic acids is 1. The summed E-state index contributed by atoms with van der Waals surface area (Å²) >= 11 is 6.07. The normalized spacial score (nSPS) is 14.5. The maximum Gasteiger partial charge on any atom is 0.280 e. The molecule has 0 unspecified atom stereocenters. The lowest BCUT2D eigenvalue weighted by Crippen LogP contribution is -2.43. The van der Waals surface area contributed by atoms with E-state index in [9.17, 15) is 18.8 Å². The van der Waals surface area contributed by atoms with E-state index in [0.29, 0.717) is 37.5 Å².